The molecule has 2 rings (SSSR count). The van der Waals surface area contributed by atoms with Gasteiger partial charge >= 0.3 is 5.97 Å². The molecule has 0 unspecified atom stereocenters. The largest absolute Gasteiger partial charge is 0.493 e. The maximum absolute atomic E-state index is 12.4. The van der Waals surface area contributed by atoms with Crippen molar-refractivity contribution in [3.63, 3.8) is 0 Å². The van der Waals surface area contributed by atoms with Gasteiger partial charge in [0.1, 0.15) is 0 Å². The van der Waals surface area contributed by atoms with Crippen molar-refractivity contribution < 1.29 is 23.8 Å². The lowest BCUT2D eigenvalue weighted by Gasteiger charge is -2.17. The summed E-state index contributed by atoms with van der Waals surface area (Å²) < 4.78 is 16.0. The van der Waals surface area contributed by atoms with Crippen LogP contribution in [0, 0.1) is 0 Å². The third kappa shape index (κ3) is 6.37. The van der Waals surface area contributed by atoms with Gasteiger partial charge in [0, 0.05) is 5.69 Å². The number of anilines is 1. The molecular weight excluding hydrogens is 382 g/mol. The Kier molecular flexibility index (Phi) is 8.47. The molecule has 0 saturated heterocycles. The summed E-state index contributed by atoms with van der Waals surface area (Å²) >= 11 is 0. The first-order valence-corrected chi connectivity index (χ1v) is 9.88. The van der Waals surface area contributed by atoms with Crippen molar-refractivity contribution >= 4 is 23.6 Å². The van der Waals surface area contributed by atoms with Crippen molar-refractivity contribution in [3.8, 4) is 11.5 Å². The molecule has 1 amide bonds. The molecule has 0 radical (unpaired) electrons. The zero-order chi connectivity index (χ0) is 22.1. The average molecular weight is 411 g/mol. The SMILES string of the molecule is C/C=C/c1ccc(OCC(=O)O[C@@H](C)C(=O)Nc2ccccc2C(C)C)c(OC)c1. The number of para-hydroxylation sites is 1. The summed E-state index contributed by atoms with van der Waals surface area (Å²) in [5.41, 5.74) is 2.68. The van der Waals surface area contributed by atoms with Gasteiger partial charge in [0.2, 0.25) is 0 Å². The fourth-order valence-electron chi connectivity index (χ4n) is 2.87. The summed E-state index contributed by atoms with van der Waals surface area (Å²) in [4.78, 5) is 24.6. The molecule has 1 N–H and O–H groups in total. The van der Waals surface area contributed by atoms with Gasteiger partial charge in [0.15, 0.2) is 24.2 Å². The van der Waals surface area contributed by atoms with E-state index in [4.69, 9.17) is 14.2 Å². The van der Waals surface area contributed by atoms with E-state index in [0.29, 0.717) is 17.2 Å². The molecule has 0 heterocycles. The van der Waals surface area contributed by atoms with E-state index in [0.717, 1.165) is 11.1 Å². The first-order chi connectivity index (χ1) is 14.3. The molecule has 6 nitrogen and oxygen atoms in total. The van der Waals surface area contributed by atoms with Gasteiger partial charge in [-0.1, -0.05) is 50.3 Å². The molecule has 0 aromatic heterocycles. The predicted molar refractivity (Wildman–Crippen MR) is 118 cm³/mol. The molecule has 1 atom stereocenters. The van der Waals surface area contributed by atoms with Gasteiger partial charge in [-0.3, -0.25) is 4.79 Å². The lowest BCUT2D eigenvalue weighted by Crippen LogP contribution is -2.32. The second-order valence-electron chi connectivity index (χ2n) is 7.06. The lowest BCUT2D eigenvalue weighted by atomic mass is 10.0. The zero-order valence-corrected chi connectivity index (χ0v) is 18.1. The molecule has 2 aromatic carbocycles. The predicted octanol–water partition coefficient (Wildman–Crippen LogP) is 4.80. The number of hydrogen-bond acceptors (Lipinski definition) is 5. The van der Waals surface area contributed by atoms with Crippen LogP contribution in [0.2, 0.25) is 0 Å². The van der Waals surface area contributed by atoms with Gasteiger partial charge in [-0.2, -0.15) is 0 Å². The molecule has 160 valence electrons. The number of carbonyl (C=O) groups excluding carboxylic acids is 2. The van der Waals surface area contributed by atoms with Crippen molar-refractivity contribution in [2.75, 3.05) is 19.0 Å². The van der Waals surface area contributed by atoms with E-state index in [-0.39, 0.29) is 12.5 Å². The number of amides is 1. The molecule has 6 heteroatoms. The van der Waals surface area contributed by atoms with Gasteiger partial charge in [0.05, 0.1) is 7.11 Å². The third-order valence-corrected chi connectivity index (χ3v) is 4.41. The topological polar surface area (TPSA) is 73.9 Å². The fourth-order valence-corrected chi connectivity index (χ4v) is 2.87. The maximum Gasteiger partial charge on any atom is 0.344 e. The Labute approximate surface area is 177 Å². The van der Waals surface area contributed by atoms with Crippen molar-refractivity contribution in [1.82, 2.24) is 0 Å². The minimum Gasteiger partial charge on any atom is -0.493 e. The third-order valence-electron chi connectivity index (χ3n) is 4.41. The summed E-state index contributed by atoms with van der Waals surface area (Å²) in [6, 6.07) is 12.9. The molecule has 0 spiro atoms. The van der Waals surface area contributed by atoms with Crippen LogP contribution in [-0.4, -0.2) is 31.7 Å². The standard InChI is InChI=1S/C24H29NO5/c1-6-9-18-12-13-21(22(14-18)28-5)29-15-23(26)30-17(4)24(27)25-20-11-8-7-10-19(20)16(2)3/h6-14,16-17H,15H2,1-5H3,(H,25,27)/b9-6+/t17-/m0/s1. The number of hydrogen-bond donors (Lipinski definition) is 1. The Balaban J connectivity index is 1.93. The van der Waals surface area contributed by atoms with Gasteiger partial charge in [-0.15, -0.1) is 0 Å². The number of methoxy groups -OCH3 is 1. The highest BCUT2D eigenvalue weighted by Gasteiger charge is 2.20. The van der Waals surface area contributed by atoms with Crippen LogP contribution < -0.4 is 14.8 Å². The number of allylic oxidation sites excluding steroid dienone is 1. The van der Waals surface area contributed by atoms with Crippen molar-refractivity contribution in [1.29, 1.82) is 0 Å². The molecule has 0 fully saturated rings. The quantitative estimate of drug-likeness (QED) is 0.600. The second-order valence-corrected chi connectivity index (χ2v) is 7.06. The molecule has 2 aromatic rings. The lowest BCUT2D eigenvalue weighted by molar-refractivity contribution is -0.155. The summed E-state index contributed by atoms with van der Waals surface area (Å²) in [7, 11) is 1.53. The summed E-state index contributed by atoms with van der Waals surface area (Å²) in [6.45, 7) is 7.21. The molecular formula is C24H29NO5. The maximum atomic E-state index is 12.4. The summed E-state index contributed by atoms with van der Waals surface area (Å²) in [5.74, 6) is 0.140. The van der Waals surface area contributed by atoms with E-state index in [2.05, 4.69) is 5.32 Å². The first-order valence-electron chi connectivity index (χ1n) is 9.88. The Morgan fingerprint density at radius 1 is 1.07 bits per heavy atom. The van der Waals surface area contributed by atoms with Gasteiger partial charge in [0.25, 0.3) is 5.91 Å². The molecule has 0 aliphatic heterocycles. The van der Waals surface area contributed by atoms with Crippen LogP contribution >= 0.6 is 0 Å². The zero-order valence-electron chi connectivity index (χ0n) is 18.1. The van der Waals surface area contributed by atoms with E-state index < -0.39 is 18.0 Å². The van der Waals surface area contributed by atoms with Crippen LogP contribution in [0.5, 0.6) is 11.5 Å². The van der Waals surface area contributed by atoms with Gasteiger partial charge < -0.3 is 19.5 Å². The van der Waals surface area contributed by atoms with Gasteiger partial charge in [-0.25, -0.2) is 4.79 Å². The number of ether oxygens (including phenoxy) is 3. The van der Waals surface area contributed by atoms with Crippen molar-refractivity contribution in [2.45, 2.75) is 39.7 Å². The van der Waals surface area contributed by atoms with E-state index in [1.165, 1.54) is 14.0 Å². The van der Waals surface area contributed by atoms with E-state index in [9.17, 15) is 9.59 Å². The van der Waals surface area contributed by atoms with E-state index in [1.807, 2.05) is 69.3 Å². The monoisotopic (exact) mass is 411 g/mol. The van der Waals surface area contributed by atoms with Crippen LogP contribution in [0.15, 0.2) is 48.5 Å². The van der Waals surface area contributed by atoms with Gasteiger partial charge in [-0.05, 0) is 49.1 Å². The minimum absolute atomic E-state index is 0.252. The van der Waals surface area contributed by atoms with Crippen LogP contribution in [-0.2, 0) is 14.3 Å². The summed E-state index contributed by atoms with van der Waals surface area (Å²) in [5, 5.41) is 2.82. The highest BCUT2D eigenvalue weighted by Crippen LogP contribution is 2.28. The van der Waals surface area contributed by atoms with Crippen LogP contribution in [0.3, 0.4) is 0 Å². The number of esters is 1. The molecule has 0 aliphatic rings. The van der Waals surface area contributed by atoms with Crippen molar-refractivity contribution in [2.24, 2.45) is 0 Å². The minimum atomic E-state index is -0.958. The average Bonchev–Trinajstić information content (AvgIpc) is 2.73. The van der Waals surface area contributed by atoms with E-state index in [1.54, 1.807) is 6.07 Å². The second kappa shape index (κ2) is 11.0. The fraction of sp³-hybridized carbons (Fsp3) is 0.333. The van der Waals surface area contributed by atoms with Crippen LogP contribution in [0.25, 0.3) is 6.08 Å². The smallest absolute Gasteiger partial charge is 0.344 e. The molecule has 0 aliphatic carbocycles. The Hall–Kier alpha value is -3.28. The normalized spacial score (nSPS) is 11.9. The number of carbonyl (C=O) groups is 2. The van der Waals surface area contributed by atoms with Crippen molar-refractivity contribution in [3.05, 3.63) is 59.7 Å². The highest BCUT2D eigenvalue weighted by molar-refractivity contribution is 5.95. The number of rotatable bonds is 9. The number of nitrogens with one attached hydrogen (secondary N) is 1. The Morgan fingerprint density at radius 3 is 2.47 bits per heavy atom. The highest BCUT2D eigenvalue weighted by atomic mass is 16.6. The number of benzene rings is 2. The first kappa shape index (κ1) is 23.0. The Morgan fingerprint density at radius 2 is 1.80 bits per heavy atom. The Bertz CT molecular complexity index is 904. The van der Waals surface area contributed by atoms with E-state index >= 15 is 0 Å². The van der Waals surface area contributed by atoms with Crippen LogP contribution in [0.1, 0.15) is 44.7 Å². The van der Waals surface area contributed by atoms with Crippen LogP contribution in [0.4, 0.5) is 5.69 Å². The molecule has 30 heavy (non-hydrogen) atoms. The molecule has 0 bridgehead atoms. The molecule has 0 saturated carbocycles. The summed E-state index contributed by atoms with van der Waals surface area (Å²) in [6.07, 6.45) is 2.89.